The second-order valence-corrected chi connectivity index (χ2v) is 3.39. The first-order valence-electron chi connectivity index (χ1n) is 6.14. The summed E-state index contributed by atoms with van der Waals surface area (Å²) in [4.78, 5) is 8.39. The van der Waals surface area contributed by atoms with Crippen LogP contribution in [0.1, 0.15) is 19.4 Å². The van der Waals surface area contributed by atoms with E-state index in [9.17, 15) is 0 Å². The Balaban J connectivity index is 0.000000771. The van der Waals surface area contributed by atoms with Crippen LogP contribution in [0.4, 0.5) is 5.82 Å². The molecule has 18 heavy (non-hydrogen) atoms. The van der Waals surface area contributed by atoms with E-state index in [0.717, 1.165) is 22.3 Å². The first-order valence-corrected chi connectivity index (χ1v) is 6.14. The van der Waals surface area contributed by atoms with Gasteiger partial charge in [0.1, 0.15) is 12.1 Å². The van der Waals surface area contributed by atoms with E-state index in [2.05, 4.69) is 15.3 Å². The molecular formula is C14H20N4. The van der Waals surface area contributed by atoms with Gasteiger partial charge >= 0.3 is 0 Å². The fourth-order valence-electron chi connectivity index (χ4n) is 1.58. The lowest BCUT2D eigenvalue weighted by Gasteiger charge is -2.04. The highest BCUT2D eigenvalue weighted by Crippen LogP contribution is 2.20. The zero-order chi connectivity index (χ0) is 13.4. The molecule has 0 aliphatic rings. The topological polar surface area (TPSA) is 63.8 Å². The third-order valence-corrected chi connectivity index (χ3v) is 2.34. The molecule has 3 N–H and O–H groups in total. The van der Waals surface area contributed by atoms with Gasteiger partial charge in [0.05, 0.1) is 5.52 Å². The molecule has 0 fully saturated rings. The highest BCUT2D eigenvalue weighted by molar-refractivity contribution is 5.90. The van der Waals surface area contributed by atoms with Crippen molar-refractivity contribution >= 4 is 22.8 Å². The van der Waals surface area contributed by atoms with Gasteiger partial charge in [0.15, 0.2) is 0 Å². The van der Waals surface area contributed by atoms with E-state index in [0.29, 0.717) is 6.54 Å². The maximum atomic E-state index is 5.42. The summed E-state index contributed by atoms with van der Waals surface area (Å²) in [5.41, 5.74) is 7.46. The molecule has 4 heteroatoms. The second-order valence-electron chi connectivity index (χ2n) is 3.39. The smallest absolute Gasteiger partial charge is 0.137 e. The van der Waals surface area contributed by atoms with Crippen molar-refractivity contribution in [3.8, 4) is 0 Å². The average molecular weight is 244 g/mol. The molecule has 0 saturated heterocycles. The van der Waals surface area contributed by atoms with Gasteiger partial charge in [-0.3, -0.25) is 0 Å². The molecule has 4 nitrogen and oxygen atoms in total. The van der Waals surface area contributed by atoms with Crippen molar-refractivity contribution in [1.82, 2.24) is 9.97 Å². The van der Waals surface area contributed by atoms with E-state index < -0.39 is 0 Å². The average Bonchev–Trinajstić information content (AvgIpc) is 2.46. The van der Waals surface area contributed by atoms with Crippen LogP contribution in [0, 0.1) is 0 Å². The molecule has 0 radical (unpaired) electrons. The minimum absolute atomic E-state index is 0.544. The van der Waals surface area contributed by atoms with Crippen molar-refractivity contribution in [3.63, 3.8) is 0 Å². The summed E-state index contributed by atoms with van der Waals surface area (Å²) in [6.45, 7) is 4.54. The van der Waals surface area contributed by atoms with E-state index in [1.807, 2.05) is 51.2 Å². The van der Waals surface area contributed by atoms with Crippen LogP contribution in [0.5, 0.6) is 0 Å². The summed E-state index contributed by atoms with van der Waals surface area (Å²) < 4.78 is 0. The Bertz CT molecular complexity index is 520. The van der Waals surface area contributed by atoms with Gasteiger partial charge in [0, 0.05) is 19.0 Å². The second kappa shape index (κ2) is 7.40. The lowest BCUT2D eigenvalue weighted by Crippen LogP contribution is -1.95. The van der Waals surface area contributed by atoms with Crippen molar-refractivity contribution in [3.05, 3.63) is 36.2 Å². The molecule has 1 heterocycles. The Morgan fingerprint density at radius 1 is 1.28 bits per heavy atom. The highest BCUT2D eigenvalue weighted by atomic mass is 15.0. The van der Waals surface area contributed by atoms with Crippen molar-refractivity contribution in [1.29, 1.82) is 0 Å². The molecule has 0 aliphatic carbocycles. The van der Waals surface area contributed by atoms with E-state index in [1.54, 1.807) is 6.33 Å². The minimum Gasteiger partial charge on any atom is -0.373 e. The minimum atomic E-state index is 0.544. The van der Waals surface area contributed by atoms with E-state index in [4.69, 9.17) is 5.73 Å². The molecular weight excluding hydrogens is 224 g/mol. The van der Waals surface area contributed by atoms with Crippen molar-refractivity contribution in [2.75, 3.05) is 18.9 Å². The van der Waals surface area contributed by atoms with E-state index in [-0.39, 0.29) is 0 Å². The zero-order valence-electron chi connectivity index (χ0n) is 11.1. The van der Waals surface area contributed by atoms with Gasteiger partial charge in [-0.05, 0) is 17.7 Å². The molecule has 0 unspecified atom stereocenters. The standard InChI is InChI=1S/C12H14N4.C2H6/c1-14-12-10-7-9(3-2-6-13)4-5-11(10)15-8-16-12;1-2/h2-5,7-8H,6,13H2,1H3,(H,14,15,16);1-2H3/b3-2+;. The van der Waals surface area contributed by atoms with Crippen molar-refractivity contribution in [2.45, 2.75) is 13.8 Å². The van der Waals surface area contributed by atoms with Gasteiger partial charge in [-0.1, -0.05) is 32.1 Å². The van der Waals surface area contributed by atoms with Gasteiger partial charge in [0.2, 0.25) is 0 Å². The van der Waals surface area contributed by atoms with Crippen LogP contribution in [0.3, 0.4) is 0 Å². The van der Waals surface area contributed by atoms with Crippen LogP contribution >= 0.6 is 0 Å². The number of nitrogens with one attached hydrogen (secondary N) is 1. The lowest BCUT2D eigenvalue weighted by atomic mass is 10.1. The molecule has 0 bridgehead atoms. The number of fused-ring (bicyclic) bond motifs is 1. The van der Waals surface area contributed by atoms with Gasteiger partial charge in [0.25, 0.3) is 0 Å². The van der Waals surface area contributed by atoms with Crippen LogP contribution < -0.4 is 11.1 Å². The summed E-state index contributed by atoms with van der Waals surface area (Å²) in [7, 11) is 1.85. The van der Waals surface area contributed by atoms with Crippen LogP contribution in [-0.4, -0.2) is 23.6 Å². The molecule has 0 amide bonds. The Labute approximate surface area is 108 Å². The maximum Gasteiger partial charge on any atom is 0.137 e. The first-order chi connectivity index (χ1) is 8.85. The number of rotatable bonds is 3. The molecule has 2 rings (SSSR count). The number of nitrogens with zero attached hydrogens (tertiary/aromatic N) is 2. The van der Waals surface area contributed by atoms with Gasteiger partial charge in [-0.15, -0.1) is 0 Å². The molecule has 0 spiro atoms. The van der Waals surface area contributed by atoms with Crippen LogP contribution in [0.15, 0.2) is 30.6 Å². The lowest BCUT2D eigenvalue weighted by molar-refractivity contribution is 1.21. The van der Waals surface area contributed by atoms with Gasteiger partial charge in [-0.25, -0.2) is 9.97 Å². The molecule has 0 aliphatic heterocycles. The van der Waals surface area contributed by atoms with Crippen LogP contribution in [0.25, 0.3) is 17.0 Å². The fraction of sp³-hybridized carbons (Fsp3) is 0.286. The first kappa shape index (κ1) is 14.1. The molecule has 96 valence electrons. The monoisotopic (exact) mass is 244 g/mol. The Hall–Kier alpha value is -1.94. The fourth-order valence-corrected chi connectivity index (χ4v) is 1.58. The molecule has 2 aromatic rings. The summed E-state index contributed by atoms with van der Waals surface area (Å²) in [5.74, 6) is 0.841. The Morgan fingerprint density at radius 2 is 2.06 bits per heavy atom. The van der Waals surface area contributed by atoms with Gasteiger partial charge in [-0.2, -0.15) is 0 Å². The molecule has 0 atom stereocenters. The Morgan fingerprint density at radius 3 is 2.72 bits per heavy atom. The largest absolute Gasteiger partial charge is 0.373 e. The summed E-state index contributed by atoms with van der Waals surface area (Å²) in [5, 5.41) is 4.07. The molecule has 0 saturated carbocycles. The Kier molecular flexibility index (Phi) is 5.80. The molecule has 1 aromatic heterocycles. The SMILES string of the molecule is CC.CNc1ncnc2ccc(/C=C/CN)cc12. The highest BCUT2D eigenvalue weighted by Gasteiger charge is 2.01. The van der Waals surface area contributed by atoms with Crippen molar-refractivity contribution < 1.29 is 0 Å². The third-order valence-electron chi connectivity index (χ3n) is 2.34. The third kappa shape index (κ3) is 3.28. The predicted octanol–water partition coefficient (Wildman–Crippen LogP) is 2.67. The maximum absolute atomic E-state index is 5.42. The summed E-state index contributed by atoms with van der Waals surface area (Å²) in [6.07, 6.45) is 5.47. The summed E-state index contributed by atoms with van der Waals surface area (Å²) in [6, 6.07) is 6.04. The quantitative estimate of drug-likeness (QED) is 0.871. The predicted molar refractivity (Wildman–Crippen MR) is 78.5 cm³/mol. The zero-order valence-corrected chi connectivity index (χ0v) is 11.1. The van der Waals surface area contributed by atoms with Gasteiger partial charge < -0.3 is 11.1 Å². The number of benzene rings is 1. The molecule has 1 aromatic carbocycles. The van der Waals surface area contributed by atoms with Crippen molar-refractivity contribution in [2.24, 2.45) is 5.73 Å². The number of nitrogens with two attached hydrogens (primary N) is 1. The van der Waals surface area contributed by atoms with E-state index in [1.165, 1.54) is 0 Å². The van der Waals surface area contributed by atoms with Crippen LogP contribution in [0.2, 0.25) is 0 Å². The summed E-state index contributed by atoms with van der Waals surface area (Å²) >= 11 is 0. The van der Waals surface area contributed by atoms with Crippen LogP contribution in [-0.2, 0) is 0 Å². The number of hydrogen-bond acceptors (Lipinski definition) is 4. The number of anilines is 1. The number of hydrogen-bond donors (Lipinski definition) is 2. The van der Waals surface area contributed by atoms with E-state index >= 15 is 0 Å². The number of aromatic nitrogens is 2. The normalized spacial score (nSPS) is 10.2.